The highest BCUT2D eigenvalue weighted by Crippen LogP contribution is 2.30. The Kier molecular flexibility index (Phi) is 4.07. The molecule has 1 atom stereocenters. The third-order valence-electron chi connectivity index (χ3n) is 3.01. The van der Waals surface area contributed by atoms with Crippen molar-refractivity contribution in [3.05, 3.63) is 35.9 Å². The van der Waals surface area contributed by atoms with E-state index in [1.54, 1.807) is 0 Å². The maximum absolute atomic E-state index is 11.4. The number of carbonyl (C=O) groups excluding carboxylic acids is 1. The number of ether oxygens (including phenoxy) is 1. The van der Waals surface area contributed by atoms with Gasteiger partial charge >= 0.3 is 5.97 Å². The van der Waals surface area contributed by atoms with Gasteiger partial charge in [-0.15, -0.1) is 0 Å². The summed E-state index contributed by atoms with van der Waals surface area (Å²) in [4.78, 5) is 11.4. The fourth-order valence-corrected chi connectivity index (χ4v) is 1.70. The summed E-state index contributed by atoms with van der Waals surface area (Å²) in [5.41, 5.74) is 6.65. The third-order valence-corrected chi connectivity index (χ3v) is 3.01. The van der Waals surface area contributed by atoms with Gasteiger partial charge in [0.05, 0.1) is 19.1 Å². The van der Waals surface area contributed by atoms with E-state index < -0.39 is 5.54 Å². The van der Waals surface area contributed by atoms with Crippen LogP contribution in [0.5, 0.6) is 0 Å². The number of esters is 1. The molecule has 0 bridgehead atoms. The largest absolute Gasteiger partial charge is 0.469 e. The molecule has 2 N–H and O–H groups in total. The molecule has 88 valence electrons. The van der Waals surface area contributed by atoms with Gasteiger partial charge in [-0.3, -0.25) is 4.79 Å². The van der Waals surface area contributed by atoms with E-state index in [0.29, 0.717) is 0 Å². The van der Waals surface area contributed by atoms with E-state index in [2.05, 4.69) is 0 Å². The molecular formula is C13H19NO2. The summed E-state index contributed by atoms with van der Waals surface area (Å²) < 4.78 is 4.70. The molecule has 3 heteroatoms. The Labute approximate surface area is 96.6 Å². The smallest absolute Gasteiger partial charge is 0.307 e. The molecule has 1 rings (SSSR count). The number of nitrogens with two attached hydrogens (primary N) is 1. The van der Waals surface area contributed by atoms with E-state index in [0.717, 1.165) is 5.56 Å². The normalized spacial score (nSPS) is 14.6. The van der Waals surface area contributed by atoms with Gasteiger partial charge in [0, 0.05) is 0 Å². The average molecular weight is 221 g/mol. The lowest BCUT2D eigenvalue weighted by molar-refractivity contribution is -0.142. The Hall–Kier alpha value is -1.35. The first-order valence-corrected chi connectivity index (χ1v) is 5.42. The van der Waals surface area contributed by atoms with Crippen molar-refractivity contribution in [2.75, 3.05) is 7.11 Å². The van der Waals surface area contributed by atoms with Crippen molar-refractivity contribution in [3.8, 4) is 0 Å². The molecule has 16 heavy (non-hydrogen) atoms. The molecule has 0 aliphatic rings. The molecule has 0 spiro atoms. The van der Waals surface area contributed by atoms with Crippen LogP contribution in [0.4, 0.5) is 0 Å². The molecule has 0 saturated heterocycles. The van der Waals surface area contributed by atoms with Gasteiger partial charge in [-0.25, -0.2) is 0 Å². The van der Waals surface area contributed by atoms with Crippen molar-refractivity contribution >= 4 is 5.97 Å². The van der Waals surface area contributed by atoms with Crippen LogP contribution < -0.4 is 5.73 Å². The lowest BCUT2D eigenvalue weighted by Crippen LogP contribution is -2.44. The lowest BCUT2D eigenvalue weighted by Gasteiger charge is -2.33. The van der Waals surface area contributed by atoms with Crippen LogP contribution in [0.1, 0.15) is 25.8 Å². The van der Waals surface area contributed by atoms with Gasteiger partial charge in [0.25, 0.3) is 0 Å². The molecule has 0 radical (unpaired) electrons. The first-order valence-electron chi connectivity index (χ1n) is 5.42. The Balaban J connectivity index is 3.02. The molecule has 0 aromatic heterocycles. The van der Waals surface area contributed by atoms with Crippen LogP contribution in [0.15, 0.2) is 30.3 Å². The topological polar surface area (TPSA) is 52.3 Å². The quantitative estimate of drug-likeness (QED) is 0.792. The van der Waals surface area contributed by atoms with Crippen molar-refractivity contribution in [3.63, 3.8) is 0 Å². The fourth-order valence-electron chi connectivity index (χ4n) is 1.70. The SMILES string of the molecule is COC(=O)CC(N)(c1ccccc1)C(C)C. The van der Waals surface area contributed by atoms with E-state index in [9.17, 15) is 4.79 Å². The standard InChI is InChI=1S/C13H19NO2/c1-10(2)13(14,9-12(15)16-3)11-7-5-4-6-8-11/h4-8,10H,9,14H2,1-3H3. The second-order valence-corrected chi connectivity index (χ2v) is 4.31. The average Bonchev–Trinajstić information content (AvgIpc) is 2.29. The van der Waals surface area contributed by atoms with Crippen LogP contribution in [0.2, 0.25) is 0 Å². The zero-order valence-corrected chi connectivity index (χ0v) is 10.1. The summed E-state index contributed by atoms with van der Waals surface area (Å²) in [6.45, 7) is 4.02. The second kappa shape index (κ2) is 5.12. The van der Waals surface area contributed by atoms with Crippen LogP contribution in [0.25, 0.3) is 0 Å². The first kappa shape index (κ1) is 12.7. The van der Waals surface area contributed by atoms with Crippen molar-refractivity contribution in [1.82, 2.24) is 0 Å². The Morgan fingerprint density at radius 2 is 1.94 bits per heavy atom. The van der Waals surface area contributed by atoms with Crippen LogP contribution in [0, 0.1) is 5.92 Å². The minimum absolute atomic E-state index is 0.161. The summed E-state index contributed by atoms with van der Waals surface area (Å²) in [6.07, 6.45) is 0.200. The van der Waals surface area contributed by atoms with Gasteiger partial charge in [-0.1, -0.05) is 44.2 Å². The van der Waals surface area contributed by atoms with Gasteiger partial charge in [-0.2, -0.15) is 0 Å². The van der Waals surface area contributed by atoms with Gasteiger partial charge in [0.1, 0.15) is 0 Å². The van der Waals surface area contributed by atoms with Gasteiger partial charge in [0.2, 0.25) is 0 Å². The summed E-state index contributed by atoms with van der Waals surface area (Å²) in [5, 5.41) is 0. The Bertz CT molecular complexity index is 348. The van der Waals surface area contributed by atoms with Crippen molar-refractivity contribution in [2.45, 2.75) is 25.8 Å². The summed E-state index contributed by atoms with van der Waals surface area (Å²) in [5.74, 6) is -0.117. The van der Waals surface area contributed by atoms with Crippen LogP contribution in [-0.4, -0.2) is 13.1 Å². The summed E-state index contributed by atoms with van der Waals surface area (Å²) in [7, 11) is 1.38. The Morgan fingerprint density at radius 3 is 2.38 bits per heavy atom. The first-order chi connectivity index (χ1) is 7.50. The number of benzene rings is 1. The van der Waals surface area contributed by atoms with E-state index in [4.69, 9.17) is 10.5 Å². The van der Waals surface area contributed by atoms with Crippen molar-refractivity contribution in [2.24, 2.45) is 11.7 Å². The van der Waals surface area contributed by atoms with E-state index in [-0.39, 0.29) is 18.3 Å². The van der Waals surface area contributed by atoms with Gasteiger partial charge < -0.3 is 10.5 Å². The molecule has 1 aromatic carbocycles. The molecular weight excluding hydrogens is 202 g/mol. The molecule has 0 amide bonds. The summed E-state index contributed by atoms with van der Waals surface area (Å²) in [6, 6.07) is 9.68. The minimum atomic E-state index is -0.658. The van der Waals surface area contributed by atoms with Gasteiger partial charge in [-0.05, 0) is 11.5 Å². The predicted molar refractivity (Wildman–Crippen MR) is 63.8 cm³/mol. The van der Waals surface area contributed by atoms with Crippen molar-refractivity contribution in [1.29, 1.82) is 0 Å². The van der Waals surface area contributed by atoms with E-state index >= 15 is 0 Å². The maximum atomic E-state index is 11.4. The molecule has 0 fully saturated rings. The number of hydrogen-bond donors (Lipinski definition) is 1. The number of hydrogen-bond acceptors (Lipinski definition) is 3. The Morgan fingerprint density at radius 1 is 1.38 bits per heavy atom. The van der Waals surface area contributed by atoms with E-state index in [1.807, 2.05) is 44.2 Å². The number of rotatable bonds is 4. The predicted octanol–water partition coefficient (Wildman–Crippen LogP) is 2.06. The van der Waals surface area contributed by atoms with Crippen LogP contribution >= 0.6 is 0 Å². The zero-order chi connectivity index (χ0) is 12.2. The molecule has 0 saturated carbocycles. The zero-order valence-electron chi connectivity index (χ0n) is 10.1. The molecule has 0 aliphatic carbocycles. The second-order valence-electron chi connectivity index (χ2n) is 4.31. The van der Waals surface area contributed by atoms with Crippen LogP contribution in [-0.2, 0) is 15.1 Å². The number of carbonyl (C=O) groups is 1. The molecule has 1 aromatic rings. The maximum Gasteiger partial charge on any atom is 0.307 e. The monoisotopic (exact) mass is 221 g/mol. The van der Waals surface area contributed by atoms with Gasteiger partial charge in [0.15, 0.2) is 0 Å². The highest BCUT2D eigenvalue weighted by Gasteiger charge is 2.33. The lowest BCUT2D eigenvalue weighted by atomic mass is 9.78. The molecule has 0 heterocycles. The third kappa shape index (κ3) is 2.61. The molecule has 3 nitrogen and oxygen atoms in total. The highest BCUT2D eigenvalue weighted by atomic mass is 16.5. The van der Waals surface area contributed by atoms with Crippen molar-refractivity contribution < 1.29 is 9.53 Å². The molecule has 1 unspecified atom stereocenters. The highest BCUT2D eigenvalue weighted by molar-refractivity contribution is 5.71. The van der Waals surface area contributed by atoms with E-state index in [1.165, 1.54) is 7.11 Å². The fraction of sp³-hybridized carbons (Fsp3) is 0.462. The number of methoxy groups -OCH3 is 1. The van der Waals surface area contributed by atoms with Crippen LogP contribution in [0.3, 0.4) is 0 Å². The molecule has 0 aliphatic heterocycles. The summed E-state index contributed by atoms with van der Waals surface area (Å²) >= 11 is 0. The minimum Gasteiger partial charge on any atom is -0.469 e.